The van der Waals surface area contributed by atoms with Crippen LogP contribution in [0.25, 0.3) is 0 Å². The Labute approximate surface area is 199 Å². The maximum atomic E-state index is 13.6. The molecule has 7 nitrogen and oxygen atoms in total. The van der Waals surface area contributed by atoms with Gasteiger partial charge in [-0.3, -0.25) is 14.5 Å². The molecule has 2 aromatic carbocycles. The molecule has 1 aliphatic carbocycles. The second-order valence-corrected chi connectivity index (χ2v) is 11.4. The van der Waals surface area contributed by atoms with E-state index in [2.05, 4.69) is 5.32 Å². The quantitative estimate of drug-likeness (QED) is 0.696. The predicted octanol–water partition coefficient (Wildman–Crippen LogP) is 3.50. The van der Waals surface area contributed by atoms with E-state index < -0.39 is 21.5 Å². The summed E-state index contributed by atoms with van der Waals surface area (Å²) in [5.41, 5.74) is 0.00277. The zero-order chi connectivity index (χ0) is 23.8. The van der Waals surface area contributed by atoms with E-state index in [1.807, 2.05) is 6.92 Å². The highest BCUT2D eigenvalue weighted by Crippen LogP contribution is 2.33. The fourth-order valence-electron chi connectivity index (χ4n) is 4.60. The van der Waals surface area contributed by atoms with Gasteiger partial charge in [0.15, 0.2) is 0 Å². The van der Waals surface area contributed by atoms with Gasteiger partial charge >= 0.3 is 0 Å². The van der Waals surface area contributed by atoms with Crippen molar-refractivity contribution >= 4 is 39.1 Å². The van der Waals surface area contributed by atoms with Crippen molar-refractivity contribution in [2.75, 3.05) is 18.0 Å². The van der Waals surface area contributed by atoms with Gasteiger partial charge in [-0.2, -0.15) is 4.31 Å². The number of piperazine rings is 1. The average Bonchev–Trinajstić information content (AvgIpc) is 3.28. The number of sulfonamides is 1. The fraction of sp³-hybridized carbons (Fsp3) is 0.417. The molecular weight excluding hydrogens is 462 g/mol. The van der Waals surface area contributed by atoms with Gasteiger partial charge < -0.3 is 5.32 Å². The third-order valence-corrected chi connectivity index (χ3v) is 8.52. The number of halogens is 1. The third-order valence-electron chi connectivity index (χ3n) is 6.46. The molecule has 2 fully saturated rings. The zero-order valence-corrected chi connectivity index (χ0v) is 20.3. The van der Waals surface area contributed by atoms with Crippen LogP contribution in [-0.4, -0.2) is 49.2 Å². The number of hydrogen-bond donors (Lipinski definition) is 1. The van der Waals surface area contributed by atoms with Crippen LogP contribution in [0.4, 0.5) is 5.69 Å². The lowest BCUT2D eigenvalue weighted by Crippen LogP contribution is -2.70. The summed E-state index contributed by atoms with van der Waals surface area (Å²) in [6.07, 6.45) is 3.83. The largest absolute Gasteiger partial charge is 0.351 e. The van der Waals surface area contributed by atoms with Crippen molar-refractivity contribution in [3.8, 4) is 0 Å². The molecule has 4 rings (SSSR count). The van der Waals surface area contributed by atoms with Gasteiger partial charge in [-0.15, -0.1) is 0 Å². The van der Waals surface area contributed by atoms with Crippen molar-refractivity contribution in [3.63, 3.8) is 0 Å². The summed E-state index contributed by atoms with van der Waals surface area (Å²) in [7, 11) is -3.97. The molecule has 9 heteroatoms. The van der Waals surface area contributed by atoms with Crippen LogP contribution in [0.1, 0.15) is 38.2 Å². The molecule has 0 aromatic heterocycles. The van der Waals surface area contributed by atoms with Crippen molar-refractivity contribution in [2.24, 2.45) is 0 Å². The maximum absolute atomic E-state index is 13.6. The highest BCUT2D eigenvalue weighted by molar-refractivity contribution is 7.89. The number of hydrogen-bond acceptors (Lipinski definition) is 4. The number of amides is 2. The molecule has 1 atom stereocenters. The Morgan fingerprint density at radius 2 is 1.67 bits per heavy atom. The Balaban J connectivity index is 1.72. The van der Waals surface area contributed by atoms with E-state index in [9.17, 15) is 18.0 Å². The van der Waals surface area contributed by atoms with Gasteiger partial charge in [-0.25, -0.2) is 8.42 Å². The van der Waals surface area contributed by atoms with E-state index in [1.54, 1.807) is 43.3 Å². The van der Waals surface area contributed by atoms with Gasteiger partial charge in [-0.05, 0) is 63.1 Å². The number of benzene rings is 2. The molecule has 2 aromatic rings. The number of carbonyl (C=O) groups excluding carboxylic acids is 2. The zero-order valence-electron chi connectivity index (χ0n) is 18.8. The van der Waals surface area contributed by atoms with Crippen molar-refractivity contribution in [1.82, 2.24) is 9.62 Å². The highest BCUT2D eigenvalue weighted by Gasteiger charge is 2.51. The van der Waals surface area contributed by atoms with Crippen LogP contribution in [0, 0.1) is 6.92 Å². The van der Waals surface area contributed by atoms with E-state index in [0.717, 1.165) is 35.6 Å². The number of nitrogens with zero attached hydrogens (tertiary/aromatic N) is 2. The average molecular weight is 490 g/mol. The molecule has 33 heavy (non-hydrogen) atoms. The van der Waals surface area contributed by atoms with Crippen LogP contribution in [0.5, 0.6) is 0 Å². The molecule has 1 saturated carbocycles. The molecule has 176 valence electrons. The summed E-state index contributed by atoms with van der Waals surface area (Å²) in [6.45, 7) is 2.98. The monoisotopic (exact) mass is 489 g/mol. The second kappa shape index (κ2) is 9.08. The van der Waals surface area contributed by atoms with Crippen molar-refractivity contribution in [2.45, 2.75) is 56.0 Å². The van der Waals surface area contributed by atoms with Crippen LogP contribution >= 0.6 is 11.6 Å². The lowest BCUT2D eigenvalue weighted by atomic mass is 9.94. The molecule has 0 spiro atoms. The van der Waals surface area contributed by atoms with Gasteiger partial charge in [0.1, 0.15) is 5.54 Å². The molecule has 2 aliphatic rings. The van der Waals surface area contributed by atoms with E-state index in [4.69, 9.17) is 11.6 Å². The molecular formula is C24H28ClN3O4S. The highest BCUT2D eigenvalue weighted by atomic mass is 35.5. The Morgan fingerprint density at radius 1 is 1.06 bits per heavy atom. The van der Waals surface area contributed by atoms with E-state index in [0.29, 0.717) is 10.7 Å². The molecule has 1 N–H and O–H groups in total. The first-order chi connectivity index (χ1) is 15.6. The van der Waals surface area contributed by atoms with Crippen LogP contribution in [-0.2, 0) is 19.6 Å². The number of aryl methyl sites for hydroxylation is 1. The third kappa shape index (κ3) is 4.65. The molecule has 1 aliphatic heterocycles. The van der Waals surface area contributed by atoms with Crippen LogP contribution in [0.2, 0.25) is 5.02 Å². The molecule has 1 heterocycles. The Bertz CT molecular complexity index is 1150. The van der Waals surface area contributed by atoms with E-state index >= 15 is 0 Å². The first-order valence-corrected chi connectivity index (χ1v) is 12.9. The summed E-state index contributed by atoms with van der Waals surface area (Å²) in [5.74, 6) is -0.829. The van der Waals surface area contributed by atoms with Gasteiger partial charge in [0.25, 0.3) is 0 Å². The molecule has 0 radical (unpaired) electrons. The van der Waals surface area contributed by atoms with Crippen molar-refractivity contribution in [3.05, 3.63) is 59.1 Å². The SMILES string of the molecule is Cc1ccc(S(=O)(=O)N2CC(=O)N(c3ccc(Cl)cc3)C(C)(C(=O)NC3CCCC3)C2)cc1. The predicted molar refractivity (Wildman–Crippen MR) is 128 cm³/mol. The molecule has 1 saturated heterocycles. The molecule has 0 bridgehead atoms. The van der Waals surface area contributed by atoms with E-state index in [-0.39, 0.29) is 29.9 Å². The summed E-state index contributed by atoms with van der Waals surface area (Å²) in [4.78, 5) is 28.5. The second-order valence-electron chi connectivity index (χ2n) is 9.02. The van der Waals surface area contributed by atoms with Crippen LogP contribution in [0.15, 0.2) is 53.4 Å². The lowest BCUT2D eigenvalue weighted by Gasteiger charge is -2.47. The first kappa shape index (κ1) is 23.7. The summed E-state index contributed by atoms with van der Waals surface area (Å²) in [6, 6.07) is 13.1. The molecule has 1 unspecified atom stereocenters. The van der Waals surface area contributed by atoms with E-state index in [1.165, 1.54) is 17.0 Å². The Morgan fingerprint density at radius 3 is 2.27 bits per heavy atom. The minimum absolute atomic E-state index is 0.0283. The summed E-state index contributed by atoms with van der Waals surface area (Å²) in [5, 5.41) is 3.56. The summed E-state index contributed by atoms with van der Waals surface area (Å²) >= 11 is 6.03. The van der Waals surface area contributed by atoms with Crippen molar-refractivity contribution in [1.29, 1.82) is 0 Å². The van der Waals surface area contributed by atoms with Gasteiger partial charge in [-0.1, -0.05) is 42.1 Å². The van der Waals surface area contributed by atoms with Crippen LogP contribution in [0.3, 0.4) is 0 Å². The smallest absolute Gasteiger partial charge is 0.247 e. The Kier molecular flexibility index (Phi) is 6.53. The Hall–Kier alpha value is -2.42. The maximum Gasteiger partial charge on any atom is 0.247 e. The lowest BCUT2D eigenvalue weighted by molar-refractivity contribution is -0.133. The van der Waals surface area contributed by atoms with Gasteiger partial charge in [0.05, 0.1) is 11.4 Å². The summed E-state index contributed by atoms with van der Waals surface area (Å²) < 4.78 is 27.9. The fourth-order valence-corrected chi connectivity index (χ4v) is 6.21. The normalized spacial score (nSPS) is 22.5. The minimum Gasteiger partial charge on any atom is -0.351 e. The minimum atomic E-state index is -3.97. The molecule has 2 amide bonds. The number of rotatable bonds is 5. The first-order valence-electron chi connectivity index (χ1n) is 11.1. The van der Waals surface area contributed by atoms with Gasteiger partial charge in [0, 0.05) is 23.3 Å². The van der Waals surface area contributed by atoms with Crippen LogP contribution < -0.4 is 10.2 Å². The van der Waals surface area contributed by atoms with Gasteiger partial charge in [0.2, 0.25) is 21.8 Å². The topological polar surface area (TPSA) is 86.8 Å². The number of carbonyl (C=O) groups is 2. The number of anilines is 1. The van der Waals surface area contributed by atoms with Crippen molar-refractivity contribution < 1.29 is 18.0 Å². The standard InChI is InChI=1S/C24H28ClN3O4S/c1-17-7-13-21(14-8-17)33(31,32)27-15-22(29)28(20-11-9-18(25)10-12-20)24(2,16-27)23(30)26-19-5-3-4-6-19/h7-14,19H,3-6,15-16H2,1-2H3,(H,26,30). The number of nitrogens with one attached hydrogen (secondary N) is 1.